The molecule has 0 heterocycles. The molecule has 3 aliphatic carbocycles. The highest BCUT2D eigenvalue weighted by atomic mass is 14.5. The molecule has 3 aliphatic rings. The maximum Gasteiger partial charge on any atom is 0.000714 e. The average molecular weight is 341 g/mol. The molecule has 0 aromatic heterocycles. The van der Waals surface area contributed by atoms with Gasteiger partial charge in [-0.3, -0.25) is 0 Å². The first kappa shape index (κ1) is 19.0. The van der Waals surface area contributed by atoms with Crippen LogP contribution in [-0.2, 0) is 0 Å². The van der Waals surface area contributed by atoms with E-state index in [1.54, 1.807) is 16.7 Å². The third-order valence-electron chi connectivity index (χ3n) is 8.00. The molecule has 0 amide bonds. The fourth-order valence-corrected chi connectivity index (χ4v) is 6.06. The van der Waals surface area contributed by atoms with Crippen LogP contribution in [0, 0.1) is 35.0 Å². The molecule has 3 rings (SSSR count). The van der Waals surface area contributed by atoms with Crippen molar-refractivity contribution in [3.63, 3.8) is 0 Å². The van der Waals surface area contributed by atoms with Crippen molar-refractivity contribution in [2.75, 3.05) is 0 Å². The molecule has 5 atom stereocenters. The van der Waals surface area contributed by atoms with Crippen LogP contribution >= 0.6 is 0 Å². The number of allylic oxidation sites excluding steroid dienone is 6. The highest BCUT2D eigenvalue weighted by Crippen LogP contribution is 2.54. The van der Waals surface area contributed by atoms with Crippen LogP contribution in [0.3, 0.4) is 0 Å². The van der Waals surface area contributed by atoms with Gasteiger partial charge in [-0.05, 0) is 87.9 Å². The highest BCUT2D eigenvalue weighted by molar-refractivity contribution is 5.27. The van der Waals surface area contributed by atoms with Crippen molar-refractivity contribution in [3.05, 3.63) is 34.9 Å². The molecule has 0 aromatic rings. The predicted octanol–water partition coefficient (Wildman–Crippen LogP) is 7.72. The topological polar surface area (TPSA) is 0 Å². The van der Waals surface area contributed by atoms with Crippen molar-refractivity contribution in [1.82, 2.24) is 0 Å². The number of hydrogen-bond donors (Lipinski definition) is 0. The SMILES string of the molecule is CC1=CC[C@]2(C)CCC(C(C)C)C2CC=C(C)C2CC[C@H](C)C2=CC1. The van der Waals surface area contributed by atoms with Gasteiger partial charge < -0.3 is 0 Å². The van der Waals surface area contributed by atoms with Crippen molar-refractivity contribution in [1.29, 1.82) is 0 Å². The van der Waals surface area contributed by atoms with E-state index in [2.05, 4.69) is 59.8 Å². The lowest BCUT2D eigenvalue weighted by Gasteiger charge is -2.35. The van der Waals surface area contributed by atoms with Gasteiger partial charge in [-0.25, -0.2) is 0 Å². The summed E-state index contributed by atoms with van der Waals surface area (Å²) in [5.74, 6) is 4.09. The van der Waals surface area contributed by atoms with E-state index in [-0.39, 0.29) is 0 Å². The van der Waals surface area contributed by atoms with Crippen molar-refractivity contribution in [3.8, 4) is 0 Å². The van der Waals surface area contributed by atoms with E-state index in [1.807, 2.05) is 0 Å². The molecule has 0 bridgehead atoms. The molecule has 0 aliphatic heterocycles. The van der Waals surface area contributed by atoms with Crippen molar-refractivity contribution in [2.24, 2.45) is 35.0 Å². The monoisotopic (exact) mass is 340 g/mol. The quantitative estimate of drug-likeness (QED) is 0.428. The summed E-state index contributed by atoms with van der Waals surface area (Å²) >= 11 is 0. The van der Waals surface area contributed by atoms with Crippen molar-refractivity contribution < 1.29 is 0 Å². The van der Waals surface area contributed by atoms with E-state index in [9.17, 15) is 0 Å². The third kappa shape index (κ3) is 3.83. The van der Waals surface area contributed by atoms with Crippen molar-refractivity contribution in [2.45, 2.75) is 86.5 Å². The third-order valence-corrected chi connectivity index (χ3v) is 8.00. The Balaban J connectivity index is 1.95. The van der Waals surface area contributed by atoms with Gasteiger partial charge in [-0.15, -0.1) is 0 Å². The van der Waals surface area contributed by atoms with Gasteiger partial charge in [-0.2, -0.15) is 0 Å². The van der Waals surface area contributed by atoms with Gasteiger partial charge in [-0.1, -0.05) is 62.6 Å². The number of rotatable bonds is 1. The van der Waals surface area contributed by atoms with Gasteiger partial charge in [0.15, 0.2) is 0 Å². The molecule has 25 heavy (non-hydrogen) atoms. The summed E-state index contributed by atoms with van der Waals surface area (Å²) in [6.45, 7) is 14.7. The van der Waals surface area contributed by atoms with Gasteiger partial charge in [0.2, 0.25) is 0 Å². The Morgan fingerprint density at radius 1 is 1.04 bits per heavy atom. The van der Waals surface area contributed by atoms with Crippen LogP contribution < -0.4 is 0 Å². The number of hydrogen-bond acceptors (Lipinski definition) is 0. The maximum atomic E-state index is 2.65. The molecule has 0 nitrogen and oxygen atoms in total. The normalized spacial score (nSPS) is 39.7. The predicted molar refractivity (Wildman–Crippen MR) is 110 cm³/mol. The first-order valence-electron chi connectivity index (χ1n) is 10.8. The molecular formula is C25H40. The molecule has 3 unspecified atom stereocenters. The van der Waals surface area contributed by atoms with Gasteiger partial charge in [0.05, 0.1) is 0 Å². The van der Waals surface area contributed by atoms with E-state index in [1.165, 1.54) is 38.5 Å². The fraction of sp³-hybridized carbons (Fsp3) is 0.760. The Bertz CT molecular complexity index is 573. The Morgan fingerprint density at radius 3 is 2.52 bits per heavy atom. The lowest BCUT2D eigenvalue weighted by molar-refractivity contribution is 0.170. The van der Waals surface area contributed by atoms with E-state index in [0.29, 0.717) is 5.41 Å². The summed E-state index contributed by atoms with van der Waals surface area (Å²) in [6, 6.07) is 0. The minimum Gasteiger partial charge on any atom is -0.0847 e. The second-order valence-corrected chi connectivity index (χ2v) is 10.1. The smallest absolute Gasteiger partial charge is 0.000714 e. The van der Waals surface area contributed by atoms with E-state index in [4.69, 9.17) is 0 Å². The molecule has 0 radical (unpaired) electrons. The van der Waals surface area contributed by atoms with Crippen LogP contribution in [-0.4, -0.2) is 0 Å². The summed E-state index contributed by atoms with van der Waals surface area (Å²) in [4.78, 5) is 0. The van der Waals surface area contributed by atoms with Crippen LogP contribution in [0.5, 0.6) is 0 Å². The summed E-state index contributed by atoms with van der Waals surface area (Å²) in [7, 11) is 0. The Hall–Kier alpha value is -0.780. The molecule has 140 valence electrons. The van der Waals surface area contributed by atoms with Gasteiger partial charge in [0.25, 0.3) is 0 Å². The zero-order chi connectivity index (χ0) is 18.2. The van der Waals surface area contributed by atoms with Crippen LogP contribution in [0.1, 0.15) is 86.5 Å². The second kappa shape index (κ2) is 7.45. The standard InChI is InChI=1S/C25H40/c1-17(2)21-14-16-25(6)15-13-18(3)7-10-22-19(4)8-11-23(22)20(5)9-12-24(21)25/h9-10,13,17,19,21,23-24H,7-8,11-12,14-16H2,1-6H3/t19-,21?,23?,24?,25+/m0/s1. The molecule has 2 saturated carbocycles. The largest absolute Gasteiger partial charge is 0.0847 e. The van der Waals surface area contributed by atoms with E-state index >= 15 is 0 Å². The molecule has 0 spiro atoms. The second-order valence-electron chi connectivity index (χ2n) is 10.1. The van der Waals surface area contributed by atoms with Crippen LogP contribution in [0.4, 0.5) is 0 Å². The van der Waals surface area contributed by atoms with Crippen molar-refractivity contribution >= 4 is 0 Å². The van der Waals surface area contributed by atoms with Gasteiger partial charge in [0.1, 0.15) is 0 Å². The maximum absolute atomic E-state index is 2.65. The first-order chi connectivity index (χ1) is 11.8. The molecule has 0 N–H and O–H groups in total. The molecule has 0 heteroatoms. The Kier molecular flexibility index (Phi) is 5.66. The Morgan fingerprint density at radius 2 is 1.80 bits per heavy atom. The molecular weight excluding hydrogens is 300 g/mol. The average Bonchev–Trinajstić information content (AvgIpc) is 3.09. The van der Waals surface area contributed by atoms with E-state index in [0.717, 1.165) is 36.0 Å². The summed E-state index contributed by atoms with van der Waals surface area (Å²) in [6.07, 6.45) is 17.2. The van der Waals surface area contributed by atoms with Gasteiger partial charge >= 0.3 is 0 Å². The minimum atomic E-state index is 0.502. The summed E-state index contributed by atoms with van der Waals surface area (Å²) in [5, 5.41) is 0. The molecule has 0 saturated heterocycles. The fourth-order valence-electron chi connectivity index (χ4n) is 6.06. The van der Waals surface area contributed by atoms with Crippen LogP contribution in [0.2, 0.25) is 0 Å². The van der Waals surface area contributed by atoms with E-state index < -0.39 is 0 Å². The lowest BCUT2D eigenvalue weighted by atomic mass is 9.70. The zero-order valence-electron chi connectivity index (χ0n) is 17.6. The first-order valence-corrected chi connectivity index (χ1v) is 10.8. The lowest BCUT2D eigenvalue weighted by Crippen LogP contribution is -2.27. The zero-order valence-corrected chi connectivity index (χ0v) is 17.6. The minimum absolute atomic E-state index is 0.502. The van der Waals surface area contributed by atoms with Gasteiger partial charge in [0, 0.05) is 5.92 Å². The van der Waals surface area contributed by atoms with Crippen LogP contribution in [0.15, 0.2) is 34.9 Å². The summed E-state index contributed by atoms with van der Waals surface area (Å²) < 4.78 is 0. The molecule has 2 fully saturated rings. The van der Waals surface area contributed by atoms with Crippen LogP contribution in [0.25, 0.3) is 0 Å². The summed E-state index contributed by atoms with van der Waals surface area (Å²) in [5.41, 5.74) is 5.48. The molecule has 0 aromatic carbocycles. The number of fused-ring (bicyclic) bond motifs is 2. The Labute approximate surface area is 156 Å². The highest BCUT2D eigenvalue weighted by Gasteiger charge is 2.44.